The Morgan fingerprint density at radius 1 is 1.33 bits per heavy atom. The second-order valence-electron chi connectivity index (χ2n) is 6.64. The molecule has 1 aromatic carbocycles. The third-order valence-electron chi connectivity index (χ3n) is 4.00. The maximum atomic E-state index is 12.1. The molecule has 3 nitrogen and oxygen atoms in total. The Morgan fingerprint density at radius 2 is 2.00 bits per heavy atom. The Labute approximate surface area is 133 Å². The van der Waals surface area contributed by atoms with Gasteiger partial charge in [-0.1, -0.05) is 38.4 Å². The zero-order valence-corrected chi connectivity index (χ0v) is 14.3. The fourth-order valence-corrected chi connectivity index (χ4v) is 2.65. The molecule has 3 N–H and O–H groups in total. The summed E-state index contributed by atoms with van der Waals surface area (Å²) in [5, 5.41) is 3.62. The van der Waals surface area contributed by atoms with Gasteiger partial charge >= 0.3 is 0 Å². The van der Waals surface area contributed by atoms with Crippen LogP contribution in [-0.2, 0) is 4.79 Å². The van der Waals surface area contributed by atoms with Gasteiger partial charge in [0, 0.05) is 17.1 Å². The SMILES string of the molecule is Cc1c(Cl)cccc1NC(=O)CCC(CCN)C(C)(C)C. The van der Waals surface area contributed by atoms with Gasteiger partial charge in [-0.05, 0) is 55.3 Å². The van der Waals surface area contributed by atoms with E-state index in [0.717, 1.165) is 24.1 Å². The molecule has 0 radical (unpaired) electrons. The monoisotopic (exact) mass is 310 g/mol. The molecule has 0 aliphatic carbocycles. The van der Waals surface area contributed by atoms with E-state index in [2.05, 4.69) is 26.1 Å². The minimum absolute atomic E-state index is 0.0339. The van der Waals surface area contributed by atoms with Gasteiger partial charge in [0.2, 0.25) is 5.91 Å². The van der Waals surface area contributed by atoms with Crippen molar-refractivity contribution in [2.45, 2.75) is 47.0 Å². The van der Waals surface area contributed by atoms with Gasteiger partial charge in [-0.15, -0.1) is 0 Å². The first-order chi connectivity index (χ1) is 9.75. The fraction of sp³-hybridized carbons (Fsp3) is 0.588. The van der Waals surface area contributed by atoms with Crippen LogP contribution in [0.15, 0.2) is 18.2 Å². The predicted octanol–water partition coefficient (Wildman–Crippen LogP) is 4.38. The average molecular weight is 311 g/mol. The molecule has 4 heteroatoms. The summed E-state index contributed by atoms with van der Waals surface area (Å²) in [6.07, 6.45) is 2.31. The van der Waals surface area contributed by atoms with Gasteiger partial charge in [0.25, 0.3) is 0 Å². The molecule has 0 aliphatic rings. The Morgan fingerprint density at radius 3 is 2.57 bits per heavy atom. The van der Waals surface area contributed by atoms with Crippen molar-refractivity contribution < 1.29 is 4.79 Å². The van der Waals surface area contributed by atoms with E-state index >= 15 is 0 Å². The molecule has 0 bridgehead atoms. The van der Waals surface area contributed by atoms with Crippen LogP contribution in [0.2, 0.25) is 5.02 Å². The number of nitrogens with one attached hydrogen (secondary N) is 1. The van der Waals surface area contributed by atoms with Gasteiger partial charge in [-0.2, -0.15) is 0 Å². The Balaban J connectivity index is 2.59. The van der Waals surface area contributed by atoms with Crippen LogP contribution in [0.25, 0.3) is 0 Å². The lowest BCUT2D eigenvalue weighted by Crippen LogP contribution is -2.25. The number of hydrogen-bond donors (Lipinski definition) is 2. The Kier molecular flexibility index (Phi) is 6.69. The molecule has 0 aliphatic heterocycles. The number of carbonyl (C=O) groups excluding carboxylic acids is 1. The van der Waals surface area contributed by atoms with Crippen LogP contribution in [0.4, 0.5) is 5.69 Å². The molecule has 21 heavy (non-hydrogen) atoms. The number of benzene rings is 1. The molecule has 0 fully saturated rings. The number of hydrogen-bond acceptors (Lipinski definition) is 2. The van der Waals surface area contributed by atoms with E-state index in [1.54, 1.807) is 0 Å². The van der Waals surface area contributed by atoms with Crippen LogP contribution >= 0.6 is 11.6 Å². The maximum absolute atomic E-state index is 12.1. The molecule has 0 spiro atoms. The fourth-order valence-electron chi connectivity index (χ4n) is 2.47. The summed E-state index contributed by atoms with van der Waals surface area (Å²) in [5.74, 6) is 0.486. The van der Waals surface area contributed by atoms with Crippen LogP contribution in [-0.4, -0.2) is 12.5 Å². The standard InChI is InChI=1S/C17H27ClN2O/c1-12-14(18)6-5-7-15(12)20-16(21)9-8-13(10-11-19)17(2,3)4/h5-7,13H,8-11,19H2,1-4H3,(H,20,21). The second-order valence-corrected chi connectivity index (χ2v) is 7.05. The second kappa shape index (κ2) is 7.81. The summed E-state index contributed by atoms with van der Waals surface area (Å²) < 4.78 is 0. The molecule has 1 amide bonds. The van der Waals surface area contributed by atoms with Crippen LogP contribution in [0.3, 0.4) is 0 Å². The van der Waals surface area contributed by atoms with E-state index in [0.29, 0.717) is 23.9 Å². The van der Waals surface area contributed by atoms with Gasteiger partial charge in [0.05, 0.1) is 0 Å². The third-order valence-corrected chi connectivity index (χ3v) is 4.41. The van der Waals surface area contributed by atoms with Crippen LogP contribution in [0.5, 0.6) is 0 Å². The van der Waals surface area contributed by atoms with Crippen LogP contribution in [0.1, 0.15) is 45.6 Å². The van der Waals surface area contributed by atoms with E-state index in [9.17, 15) is 4.79 Å². The summed E-state index contributed by atoms with van der Waals surface area (Å²) >= 11 is 6.06. The van der Waals surface area contributed by atoms with Crippen molar-refractivity contribution in [1.29, 1.82) is 0 Å². The van der Waals surface area contributed by atoms with E-state index in [1.165, 1.54) is 0 Å². The zero-order valence-electron chi connectivity index (χ0n) is 13.5. The van der Waals surface area contributed by atoms with Crippen LogP contribution in [0, 0.1) is 18.3 Å². The van der Waals surface area contributed by atoms with E-state index in [-0.39, 0.29) is 11.3 Å². The molecule has 0 saturated heterocycles. The van der Waals surface area contributed by atoms with Crippen molar-refractivity contribution in [2.24, 2.45) is 17.1 Å². The van der Waals surface area contributed by atoms with E-state index < -0.39 is 0 Å². The average Bonchev–Trinajstić information content (AvgIpc) is 2.38. The van der Waals surface area contributed by atoms with E-state index in [1.807, 2.05) is 25.1 Å². The molecule has 118 valence electrons. The third kappa shape index (κ3) is 5.68. The molecule has 0 saturated carbocycles. The highest BCUT2D eigenvalue weighted by atomic mass is 35.5. The minimum atomic E-state index is 0.0339. The largest absolute Gasteiger partial charge is 0.330 e. The number of rotatable bonds is 6. The van der Waals surface area contributed by atoms with Crippen molar-refractivity contribution in [1.82, 2.24) is 0 Å². The Hall–Kier alpha value is -1.06. The first-order valence-electron chi connectivity index (χ1n) is 7.50. The highest BCUT2D eigenvalue weighted by Crippen LogP contribution is 2.32. The molecular weight excluding hydrogens is 284 g/mol. The molecule has 1 atom stereocenters. The number of anilines is 1. The number of carbonyl (C=O) groups is 1. The van der Waals surface area contributed by atoms with Crippen molar-refractivity contribution >= 4 is 23.2 Å². The first kappa shape index (κ1) is 18.0. The molecule has 0 heterocycles. The van der Waals surface area contributed by atoms with Gasteiger partial charge < -0.3 is 11.1 Å². The predicted molar refractivity (Wildman–Crippen MR) is 90.7 cm³/mol. The number of amides is 1. The number of halogens is 1. The van der Waals surface area contributed by atoms with Gasteiger partial charge in [-0.3, -0.25) is 4.79 Å². The first-order valence-corrected chi connectivity index (χ1v) is 7.88. The summed E-state index contributed by atoms with van der Waals surface area (Å²) in [6, 6.07) is 5.54. The molecular formula is C17H27ClN2O. The van der Waals surface area contributed by atoms with Crippen molar-refractivity contribution in [2.75, 3.05) is 11.9 Å². The number of nitrogens with two attached hydrogens (primary N) is 1. The lowest BCUT2D eigenvalue weighted by atomic mass is 9.76. The molecule has 1 unspecified atom stereocenters. The van der Waals surface area contributed by atoms with Gasteiger partial charge in [-0.25, -0.2) is 0 Å². The summed E-state index contributed by atoms with van der Waals surface area (Å²) in [4.78, 5) is 12.1. The van der Waals surface area contributed by atoms with E-state index in [4.69, 9.17) is 17.3 Å². The minimum Gasteiger partial charge on any atom is -0.330 e. The van der Waals surface area contributed by atoms with Crippen molar-refractivity contribution in [3.63, 3.8) is 0 Å². The topological polar surface area (TPSA) is 55.1 Å². The summed E-state index contributed by atoms with van der Waals surface area (Å²) in [6.45, 7) is 9.17. The molecule has 1 rings (SSSR count). The van der Waals surface area contributed by atoms with Crippen molar-refractivity contribution in [3.8, 4) is 0 Å². The molecule has 0 aromatic heterocycles. The highest BCUT2D eigenvalue weighted by Gasteiger charge is 2.24. The highest BCUT2D eigenvalue weighted by molar-refractivity contribution is 6.31. The van der Waals surface area contributed by atoms with Gasteiger partial charge in [0.15, 0.2) is 0 Å². The normalized spacial score (nSPS) is 13.0. The van der Waals surface area contributed by atoms with Crippen LogP contribution < -0.4 is 11.1 Å². The molecule has 1 aromatic rings. The zero-order chi connectivity index (χ0) is 16.0. The lowest BCUT2D eigenvalue weighted by molar-refractivity contribution is -0.116. The smallest absolute Gasteiger partial charge is 0.224 e. The Bertz CT molecular complexity index is 480. The maximum Gasteiger partial charge on any atom is 0.224 e. The lowest BCUT2D eigenvalue weighted by Gasteiger charge is -2.30. The van der Waals surface area contributed by atoms with Crippen molar-refractivity contribution in [3.05, 3.63) is 28.8 Å². The van der Waals surface area contributed by atoms with Gasteiger partial charge in [0.1, 0.15) is 0 Å². The quantitative estimate of drug-likeness (QED) is 0.819. The summed E-state index contributed by atoms with van der Waals surface area (Å²) in [5.41, 5.74) is 7.54. The summed E-state index contributed by atoms with van der Waals surface area (Å²) in [7, 11) is 0.